The summed E-state index contributed by atoms with van der Waals surface area (Å²) in [6.45, 7) is 3.87. The first-order valence-electron chi connectivity index (χ1n) is 5.72. The van der Waals surface area contributed by atoms with Gasteiger partial charge in [-0.25, -0.2) is 0 Å². The SMILES string of the molecule is CC(C)Oc1ccc(C(=O)c2cccs2)cc1N. The maximum absolute atomic E-state index is 12.1. The van der Waals surface area contributed by atoms with Crippen molar-refractivity contribution in [3.05, 3.63) is 46.2 Å². The van der Waals surface area contributed by atoms with Crippen LogP contribution in [0, 0.1) is 0 Å². The average Bonchev–Trinajstić information content (AvgIpc) is 2.84. The molecule has 1 aromatic heterocycles. The van der Waals surface area contributed by atoms with Crippen LogP contribution in [0.1, 0.15) is 29.1 Å². The van der Waals surface area contributed by atoms with E-state index in [4.69, 9.17) is 10.5 Å². The van der Waals surface area contributed by atoms with E-state index in [1.807, 2.05) is 31.4 Å². The van der Waals surface area contributed by atoms with Gasteiger partial charge in [-0.3, -0.25) is 4.79 Å². The number of carbonyl (C=O) groups excluding carboxylic acids is 1. The van der Waals surface area contributed by atoms with E-state index in [1.165, 1.54) is 11.3 Å². The molecule has 94 valence electrons. The van der Waals surface area contributed by atoms with Gasteiger partial charge in [0.15, 0.2) is 0 Å². The molecule has 1 aromatic carbocycles. The molecule has 0 saturated heterocycles. The van der Waals surface area contributed by atoms with Crippen molar-refractivity contribution in [1.82, 2.24) is 0 Å². The highest BCUT2D eigenvalue weighted by Gasteiger charge is 2.12. The predicted octanol–water partition coefficient (Wildman–Crippen LogP) is 3.35. The normalized spacial score (nSPS) is 10.6. The second kappa shape index (κ2) is 5.23. The Bertz CT molecular complexity index is 547. The lowest BCUT2D eigenvalue weighted by Crippen LogP contribution is -2.08. The predicted molar refractivity (Wildman–Crippen MR) is 74.4 cm³/mol. The quantitative estimate of drug-likeness (QED) is 0.678. The Hall–Kier alpha value is -1.81. The first-order valence-corrected chi connectivity index (χ1v) is 6.60. The Labute approximate surface area is 110 Å². The third-order valence-corrected chi connectivity index (χ3v) is 3.25. The van der Waals surface area contributed by atoms with E-state index in [1.54, 1.807) is 18.2 Å². The molecule has 1 heterocycles. The molecule has 0 atom stereocenters. The summed E-state index contributed by atoms with van der Waals surface area (Å²) in [5.74, 6) is 0.612. The van der Waals surface area contributed by atoms with E-state index >= 15 is 0 Å². The van der Waals surface area contributed by atoms with Crippen LogP contribution in [0.25, 0.3) is 0 Å². The maximum atomic E-state index is 12.1. The van der Waals surface area contributed by atoms with Crippen molar-refractivity contribution in [2.45, 2.75) is 20.0 Å². The molecule has 0 aliphatic heterocycles. The fraction of sp³-hybridized carbons (Fsp3) is 0.214. The van der Waals surface area contributed by atoms with Gasteiger partial charge in [0.05, 0.1) is 16.7 Å². The standard InChI is InChI=1S/C14H15NO2S/c1-9(2)17-12-6-5-10(8-11(12)15)14(16)13-4-3-7-18-13/h3-9H,15H2,1-2H3. The smallest absolute Gasteiger partial charge is 0.203 e. The van der Waals surface area contributed by atoms with Crippen molar-refractivity contribution in [2.75, 3.05) is 5.73 Å². The third kappa shape index (κ3) is 2.71. The van der Waals surface area contributed by atoms with Gasteiger partial charge in [-0.1, -0.05) is 6.07 Å². The van der Waals surface area contributed by atoms with Gasteiger partial charge in [0, 0.05) is 5.56 Å². The molecule has 0 bridgehead atoms. The highest BCUT2D eigenvalue weighted by atomic mass is 32.1. The molecule has 3 nitrogen and oxygen atoms in total. The number of benzene rings is 1. The van der Waals surface area contributed by atoms with Gasteiger partial charge in [0.25, 0.3) is 0 Å². The van der Waals surface area contributed by atoms with Crippen LogP contribution >= 0.6 is 11.3 Å². The number of nitrogens with two attached hydrogens (primary N) is 1. The lowest BCUT2D eigenvalue weighted by molar-refractivity contribution is 0.104. The number of rotatable bonds is 4. The summed E-state index contributed by atoms with van der Waals surface area (Å²) in [5, 5.41) is 1.88. The summed E-state index contributed by atoms with van der Waals surface area (Å²) in [4.78, 5) is 12.8. The van der Waals surface area contributed by atoms with E-state index in [9.17, 15) is 4.79 Å². The Kier molecular flexibility index (Phi) is 3.67. The summed E-state index contributed by atoms with van der Waals surface area (Å²) in [6, 6.07) is 8.82. The fourth-order valence-corrected chi connectivity index (χ4v) is 2.29. The average molecular weight is 261 g/mol. The van der Waals surface area contributed by atoms with E-state index in [0.29, 0.717) is 21.9 Å². The Balaban J connectivity index is 2.26. The Morgan fingerprint density at radius 3 is 2.67 bits per heavy atom. The molecule has 0 amide bonds. The van der Waals surface area contributed by atoms with E-state index in [-0.39, 0.29) is 11.9 Å². The molecule has 4 heteroatoms. The maximum Gasteiger partial charge on any atom is 0.203 e. The monoisotopic (exact) mass is 261 g/mol. The number of thiophene rings is 1. The van der Waals surface area contributed by atoms with Crippen LogP contribution in [0.4, 0.5) is 5.69 Å². The van der Waals surface area contributed by atoms with Gasteiger partial charge in [-0.05, 0) is 43.5 Å². The number of nitrogen functional groups attached to an aromatic ring is 1. The van der Waals surface area contributed by atoms with Crippen LogP contribution in [0.5, 0.6) is 5.75 Å². The van der Waals surface area contributed by atoms with Crippen molar-refractivity contribution >= 4 is 22.8 Å². The zero-order valence-corrected chi connectivity index (χ0v) is 11.2. The van der Waals surface area contributed by atoms with Gasteiger partial charge in [-0.2, -0.15) is 0 Å². The number of ether oxygens (including phenoxy) is 1. The zero-order valence-electron chi connectivity index (χ0n) is 10.3. The van der Waals surface area contributed by atoms with Gasteiger partial charge in [0.1, 0.15) is 5.75 Å². The topological polar surface area (TPSA) is 52.3 Å². The van der Waals surface area contributed by atoms with Crippen LogP contribution in [0.2, 0.25) is 0 Å². The van der Waals surface area contributed by atoms with Crippen molar-refractivity contribution in [2.24, 2.45) is 0 Å². The fourth-order valence-electron chi connectivity index (χ4n) is 1.60. The molecule has 0 radical (unpaired) electrons. The van der Waals surface area contributed by atoms with Crippen molar-refractivity contribution < 1.29 is 9.53 Å². The second-order valence-corrected chi connectivity index (χ2v) is 5.17. The molecule has 0 aliphatic carbocycles. The Morgan fingerprint density at radius 1 is 1.33 bits per heavy atom. The number of ketones is 1. The van der Waals surface area contributed by atoms with Crippen molar-refractivity contribution in [1.29, 1.82) is 0 Å². The summed E-state index contributed by atoms with van der Waals surface area (Å²) >= 11 is 1.42. The lowest BCUT2D eigenvalue weighted by atomic mass is 10.1. The Morgan fingerprint density at radius 2 is 2.11 bits per heavy atom. The number of hydrogen-bond acceptors (Lipinski definition) is 4. The minimum absolute atomic E-state index is 0.00667. The summed E-state index contributed by atoms with van der Waals surface area (Å²) in [5.41, 5.74) is 6.97. The molecule has 0 fully saturated rings. The lowest BCUT2D eigenvalue weighted by Gasteiger charge is -2.12. The van der Waals surface area contributed by atoms with Crippen LogP contribution in [-0.4, -0.2) is 11.9 Å². The molecule has 0 unspecified atom stereocenters. The van der Waals surface area contributed by atoms with E-state index in [2.05, 4.69) is 0 Å². The first-order chi connectivity index (χ1) is 8.58. The summed E-state index contributed by atoms with van der Waals surface area (Å²) in [6.07, 6.45) is 0.0612. The molecule has 0 aliphatic rings. The van der Waals surface area contributed by atoms with E-state index in [0.717, 1.165) is 0 Å². The largest absolute Gasteiger partial charge is 0.489 e. The number of hydrogen-bond donors (Lipinski definition) is 1. The molecular weight excluding hydrogens is 246 g/mol. The van der Waals surface area contributed by atoms with Gasteiger partial charge in [0.2, 0.25) is 5.78 Å². The van der Waals surface area contributed by atoms with E-state index < -0.39 is 0 Å². The molecule has 2 rings (SSSR count). The van der Waals surface area contributed by atoms with Gasteiger partial charge >= 0.3 is 0 Å². The number of anilines is 1. The molecule has 0 saturated carbocycles. The second-order valence-electron chi connectivity index (χ2n) is 4.23. The molecular formula is C14H15NO2S. The molecule has 0 spiro atoms. The number of carbonyl (C=O) groups is 1. The molecule has 2 aromatic rings. The highest BCUT2D eigenvalue weighted by Crippen LogP contribution is 2.25. The van der Waals surface area contributed by atoms with Crippen molar-refractivity contribution in [3.63, 3.8) is 0 Å². The van der Waals surface area contributed by atoms with Gasteiger partial charge in [-0.15, -0.1) is 11.3 Å². The molecule has 2 N–H and O–H groups in total. The summed E-state index contributed by atoms with van der Waals surface area (Å²) < 4.78 is 5.54. The van der Waals surface area contributed by atoms with Crippen molar-refractivity contribution in [3.8, 4) is 5.75 Å². The first kappa shape index (κ1) is 12.6. The minimum Gasteiger partial charge on any atom is -0.489 e. The van der Waals surface area contributed by atoms with Crippen LogP contribution in [0.15, 0.2) is 35.7 Å². The van der Waals surface area contributed by atoms with Crippen LogP contribution in [-0.2, 0) is 0 Å². The zero-order chi connectivity index (χ0) is 13.1. The highest BCUT2D eigenvalue weighted by molar-refractivity contribution is 7.12. The minimum atomic E-state index is -0.00667. The third-order valence-electron chi connectivity index (χ3n) is 2.38. The van der Waals surface area contributed by atoms with Crippen LogP contribution in [0.3, 0.4) is 0 Å². The molecule has 18 heavy (non-hydrogen) atoms. The summed E-state index contributed by atoms with van der Waals surface area (Å²) in [7, 11) is 0. The van der Waals surface area contributed by atoms with Gasteiger partial charge < -0.3 is 10.5 Å². The van der Waals surface area contributed by atoms with Crippen LogP contribution < -0.4 is 10.5 Å².